The van der Waals surface area contributed by atoms with Gasteiger partial charge in [-0.2, -0.15) is 0 Å². The van der Waals surface area contributed by atoms with Crippen molar-refractivity contribution in [1.82, 2.24) is 4.90 Å². The molecule has 0 amide bonds. The molecule has 0 aromatic heterocycles. The number of benzene rings is 1. The van der Waals surface area contributed by atoms with Gasteiger partial charge in [0.05, 0.1) is 18.8 Å². The van der Waals surface area contributed by atoms with Crippen molar-refractivity contribution in [2.24, 2.45) is 0 Å². The molecular formula is C18H27NO2. The van der Waals surface area contributed by atoms with Gasteiger partial charge in [-0.3, -0.25) is 4.90 Å². The molecule has 3 rings (SSSR count). The molecule has 116 valence electrons. The highest BCUT2D eigenvalue weighted by atomic mass is 16.5. The van der Waals surface area contributed by atoms with E-state index in [9.17, 15) is 5.11 Å². The van der Waals surface area contributed by atoms with Crippen LogP contribution in [0.5, 0.6) is 0 Å². The summed E-state index contributed by atoms with van der Waals surface area (Å²) in [6.07, 6.45) is 7.06. The minimum atomic E-state index is -0.111. The van der Waals surface area contributed by atoms with Crippen LogP contribution in [0.4, 0.5) is 0 Å². The molecule has 21 heavy (non-hydrogen) atoms. The Labute approximate surface area is 127 Å². The predicted molar refractivity (Wildman–Crippen MR) is 84.1 cm³/mol. The van der Waals surface area contributed by atoms with Crippen molar-refractivity contribution in [1.29, 1.82) is 0 Å². The molecule has 2 atom stereocenters. The maximum Gasteiger partial charge on any atom is 0.0720 e. The van der Waals surface area contributed by atoms with Crippen LogP contribution in [0.2, 0.25) is 0 Å². The number of rotatable bonds is 4. The third-order valence-corrected chi connectivity index (χ3v) is 4.97. The van der Waals surface area contributed by atoms with Gasteiger partial charge >= 0.3 is 0 Å². The standard InChI is InChI=1S/C18H27NO2/c20-18-9-5-4-8-17(18)19-12-10-16(11-13-19)21-14-15-6-2-1-3-7-15/h1-3,6-7,16-18,20H,4-5,8-14H2. The van der Waals surface area contributed by atoms with E-state index in [0.29, 0.717) is 12.1 Å². The summed E-state index contributed by atoms with van der Waals surface area (Å²) in [5.41, 5.74) is 1.25. The molecule has 2 fully saturated rings. The van der Waals surface area contributed by atoms with Crippen LogP contribution in [0, 0.1) is 0 Å². The maximum atomic E-state index is 10.2. The fourth-order valence-electron chi connectivity index (χ4n) is 3.68. The minimum absolute atomic E-state index is 0.111. The van der Waals surface area contributed by atoms with Crippen molar-refractivity contribution in [3.63, 3.8) is 0 Å². The van der Waals surface area contributed by atoms with Crippen molar-refractivity contribution in [3.05, 3.63) is 35.9 Å². The van der Waals surface area contributed by atoms with Crippen LogP contribution in [0.25, 0.3) is 0 Å². The largest absolute Gasteiger partial charge is 0.391 e. The van der Waals surface area contributed by atoms with Crippen molar-refractivity contribution in [2.45, 2.75) is 63.4 Å². The molecule has 0 bridgehead atoms. The Morgan fingerprint density at radius 2 is 1.71 bits per heavy atom. The predicted octanol–water partition coefficient (Wildman–Crippen LogP) is 2.97. The average molecular weight is 289 g/mol. The SMILES string of the molecule is OC1CCCCC1N1CCC(OCc2ccccc2)CC1. The number of hydrogen-bond donors (Lipinski definition) is 1. The summed E-state index contributed by atoms with van der Waals surface area (Å²) in [6, 6.07) is 10.8. The Kier molecular flexibility index (Phi) is 5.28. The van der Waals surface area contributed by atoms with Gasteiger partial charge < -0.3 is 9.84 Å². The Morgan fingerprint density at radius 1 is 1.00 bits per heavy atom. The van der Waals surface area contributed by atoms with E-state index in [4.69, 9.17) is 4.74 Å². The van der Waals surface area contributed by atoms with Crippen LogP contribution in [0.3, 0.4) is 0 Å². The molecule has 3 nitrogen and oxygen atoms in total. The first-order chi connectivity index (χ1) is 10.3. The molecular weight excluding hydrogens is 262 g/mol. The fourth-order valence-corrected chi connectivity index (χ4v) is 3.68. The smallest absolute Gasteiger partial charge is 0.0720 e. The third kappa shape index (κ3) is 4.06. The molecule has 1 aromatic carbocycles. The first-order valence-corrected chi connectivity index (χ1v) is 8.40. The van der Waals surface area contributed by atoms with Gasteiger partial charge in [0.15, 0.2) is 0 Å². The zero-order valence-corrected chi connectivity index (χ0v) is 12.8. The summed E-state index contributed by atoms with van der Waals surface area (Å²) in [7, 11) is 0. The van der Waals surface area contributed by atoms with Crippen LogP contribution in [0.15, 0.2) is 30.3 Å². The van der Waals surface area contributed by atoms with Gasteiger partial charge in [-0.25, -0.2) is 0 Å². The fraction of sp³-hybridized carbons (Fsp3) is 0.667. The van der Waals surface area contributed by atoms with Gasteiger partial charge in [-0.1, -0.05) is 43.2 Å². The summed E-state index contributed by atoms with van der Waals surface area (Å²) < 4.78 is 6.04. The van der Waals surface area contributed by atoms with E-state index in [1.54, 1.807) is 0 Å². The first-order valence-electron chi connectivity index (χ1n) is 8.40. The lowest BCUT2D eigenvalue weighted by Gasteiger charge is -2.41. The van der Waals surface area contributed by atoms with E-state index in [1.165, 1.54) is 18.4 Å². The highest BCUT2D eigenvalue weighted by molar-refractivity contribution is 5.13. The van der Waals surface area contributed by atoms with Crippen LogP contribution in [-0.2, 0) is 11.3 Å². The molecule has 0 radical (unpaired) electrons. The van der Waals surface area contributed by atoms with Crippen molar-refractivity contribution < 1.29 is 9.84 Å². The van der Waals surface area contributed by atoms with Crippen LogP contribution < -0.4 is 0 Å². The van der Waals surface area contributed by atoms with E-state index >= 15 is 0 Å². The summed E-state index contributed by atoms with van der Waals surface area (Å²) in [5, 5.41) is 10.2. The summed E-state index contributed by atoms with van der Waals surface area (Å²) in [4.78, 5) is 2.49. The first kappa shape index (κ1) is 15.0. The third-order valence-electron chi connectivity index (χ3n) is 4.97. The van der Waals surface area contributed by atoms with Crippen molar-refractivity contribution >= 4 is 0 Å². The maximum absolute atomic E-state index is 10.2. The second-order valence-electron chi connectivity index (χ2n) is 6.45. The number of piperidine rings is 1. The van der Waals surface area contributed by atoms with Crippen LogP contribution >= 0.6 is 0 Å². The van der Waals surface area contributed by atoms with Crippen LogP contribution in [-0.4, -0.2) is 41.3 Å². The van der Waals surface area contributed by atoms with E-state index in [2.05, 4.69) is 29.2 Å². The quantitative estimate of drug-likeness (QED) is 0.925. The Balaban J connectivity index is 1.42. The minimum Gasteiger partial charge on any atom is -0.391 e. The molecule has 2 aliphatic rings. The number of ether oxygens (including phenoxy) is 1. The molecule has 1 aliphatic heterocycles. The number of aliphatic hydroxyl groups excluding tert-OH is 1. The number of hydrogen-bond acceptors (Lipinski definition) is 3. The lowest BCUT2D eigenvalue weighted by Crippen LogP contribution is -2.49. The number of nitrogens with zero attached hydrogens (tertiary/aromatic N) is 1. The van der Waals surface area contributed by atoms with Gasteiger partial charge in [0.25, 0.3) is 0 Å². The lowest BCUT2D eigenvalue weighted by molar-refractivity contribution is -0.0393. The Hall–Kier alpha value is -0.900. The second kappa shape index (κ2) is 7.39. The Morgan fingerprint density at radius 3 is 2.43 bits per heavy atom. The van der Waals surface area contributed by atoms with Gasteiger partial charge in [-0.05, 0) is 31.2 Å². The highest BCUT2D eigenvalue weighted by Gasteiger charge is 2.31. The Bertz CT molecular complexity index is 414. The van der Waals surface area contributed by atoms with Crippen molar-refractivity contribution in [2.75, 3.05) is 13.1 Å². The summed E-state index contributed by atoms with van der Waals surface area (Å²) in [6.45, 7) is 2.86. The molecule has 1 heterocycles. The van der Waals surface area contributed by atoms with Crippen LogP contribution in [0.1, 0.15) is 44.1 Å². The summed E-state index contributed by atoms with van der Waals surface area (Å²) in [5.74, 6) is 0. The molecule has 1 aromatic rings. The highest BCUT2D eigenvalue weighted by Crippen LogP contribution is 2.26. The number of likely N-dealkylation sites (tertiary alicyclic amines) is 1. The molecule has 1 saturated carbocycles. The number of aliphatic hydroxyl groups is 1. The summed E-state index contributed by atoms with van der Waals surface area (Å²) >= 11 is 0. The topological polar surface area (TPSA) is 32.7 Å². The van der Waals surface area contributed by atoms with Gasteiger partial charge in [0.2, 0.25) is 0 Å². The lowest BCUT2D eigenvalue weighted by atomic mass is 9.90. The zero-order chi connectivity index (χ0) is 14.5. The molecule has 1 saturated heterocycles. The normalized spacial score (nSPS) is 28.6. The van der Waals surface area contributed by atoms with E-state index < -0.39 is 0 Å². The van der Waals surface area contributed by atoms with Gasteiger partial charge in [-0.15, -0.1) is 0 Å². The molecule has 1 aliphatic carbocycles. The molecule has 3 heteroatoms. The van der Waals surface area contributed by atoms with Gasteiger partial charge in [0.1, 0.15) is 0 Å². The van der Waals surface area contributed by atoms with Gasteiger partial charge in [0, 0.05) is 19.1 Å². The zero-order valence-electron chi connectivity index (χ0n) is 12.8. The molecule has 2 unspecified atom stereocenters. The van der Waals surface area contributed by atoms with E-state index in [-0.39, 0.29) is 6.10 Å². The second-order valence-corrected chi connectivity index (χ2v) is 6.45. The monoisotopic (exact) mass is 289 g/mol. The van der Waals surface area contributed by atoms with Crippen molar-refractivity contribution in [3.8, 4) is 0 Å². The van der Waals surface area contributed by atoms with E-state index in [1.807, 2.05) is 6.07 Å². The van der Waals surface area contributed by atoms with E-state index in [0.717, 1.165) is 45.4 Å². The molecule has 1 N–H and O–H groups in total. The average Bonchev–Trinajstić information content (AvgIpc) is 2.55. The molecule has 0 spiro atoms.